The van der Waals surface area contributed by atoms with Crippen LogP contribution in [0.3, 0.4) is 0 Å². The van der Waals surface area contributed by atoms with Crippen LogP contribution in [0.15, 0.2) is 29.1 Å². The molecular weight excluding hydrogens is 430 g/mol. The Kier molecular flexibility index (Phi) is 6.59. The number of amides is 1. The lowest BCUT2D eigenvalue weighted by Gasteiger charge is -2.30. The molecule has 1 unspecified atom stereocenters. The number of hydrogen-bond acceptors (Lipinski definition) is 8. The molecular formula is C22H27N5O4S. The molecule has 1 N–H and O–H groups in total. The van der Waals surface area contributed by atoms with Gasteiger partial charge in [-0.2, -0.15) is 9.50 Å². The second-order valence-corrected chi connectivity index (χ2v) is 8.79. The zero-order valence-corrected chi connectivity index (χ0v) is 19.3. The van der Waals surface area contributed by atoms with Gasteiger partial charge in [0.1, 0.15) is 5.69 Å². The molecule has 1 saturated heterocycles. The average molecular weight is 458 g/mol. The first-order valence-corrected chi connectivity index (χ1v) is 11.5. The van der Waals surface area contributed by atoms with Crippen LogP contribution in [0.2, 0.25) is 0 Å². The highest BCUT2D eigenvalue weighted by atomic mass is 32.1. The van der Waals surface area contributed by atoms with E-state index < -0.39 is 11.5 Å². The number of nitrogens with zero attached hydrogens (tertiary/aromatic N) is 4. The Labute approximate surface area is 190 Å². The molecule has 1 aliphatic rings. The summed E-state index contributed by atoms with van der Waals surface area (Å²) in [5, 5.41) is 8.25. The van der Waals surface area contributed by atoms with E-state index >= 15 is 0 Å². The van der Waals surface area contributed by atoms with Crippen molar-refractivity contribution in [1.29, 1.82) is 0 Å². The average Bonchev–Trinajstić information content (AvgIpc) is 3.21. The van der Waals surface area contributed by atoms with Gasteiger partial charge in [0.25, 0.3) is 11.5 Å². The van der Waals surface area contributed by atoms with Crippen molar-refractivity contribution in [2.45, 2.75) is 33.2 Å². The molecule has 0 saturated carbocycles. The number of carbonyl (C=O) groups is 1. The van der Waals surface area contributed by atoms with E-state index in [0.717, 1.165) is 30.2 Å². The molecule has 0 aliphatic carbocycles. The number of fused-ring (bicyclic) bond motifs is 1. The van der Waals surface area contributed by atoms with Crippen LogP contribution < -0.4 is 25.2 Å². The number of benzene rings is 1. The maximum Gasteiger partial charge on any atom is 0.274 e. The van der Waals surface area contributed by atoms with Crippen molar-refractivity contribution < 1.29 is 14.3 Å². The van der Waals surface area contributed by atoms with E-state index in [2.05, 4.69) is 27.2 Å². The van der Waals surface area contributed by atoms with Crippen molar-refractivity contribution in [3.63, 3.8) is 0 Å². The van der Waals surface area contributed by atoms with Crippen LogP contribution in [0.5, 0.6) is 11.5 Å². The Morgan fingerprint density at radius 2 is 2.16 bits per heavy atom. The number of anilines is 1. The molecule has 1 aliphatic heterocycles. The Hall–Kier alpha value is -3.14. The number of ether oxygens (including phenoxy) is 2. The molecule has 1 aromatic carbocycles. The molecule has 32 heavy (non-hydrogen) atoms. The normalized spacial score (nSPS) is 16.2. The highest BCUT2D eigenvalue weighted by Crippen LogP contribution is 2.29. The Morgan fingerprint density at radius 3 is 2.91 bits per heavy atom. The van der Waals surface area contributed by atoms with Gasteiger partial charge < -0.3 is 19.7 Å². The standard InChI is InChI=1S/C22H27N5O4S/c1-4-31-17-8-7-15(10-18(17)30-3)12-23-20(29)16-11-19(28)24-21-27(16)25-22(32-21)26-9-5-6-14(2)13-26/h7-8,10-11,14H,4-6,9,12-13H2,1-3H3,(H,23,29). The van der Waals surface area contributed by atoms with Gasteiger partial charge in [0.15, 0.2) is 11.5 Å². The topological polar surface area (TPSA) is 98.1 Å². The molecule has 2 aromatic heterocycles. The highest BCUT2D eigenvalue weighted by molar-refractivity contribution is 7.20. The summed E-state index contributed by atoms with van der Waals surface area (Å²) in [7, 11) is 1.57. The summed E-state index contributed by atoms with van der Waals surface area (Å²) in [4.78, 5) is 31.7. The zero-order valence-electron chi connectivity index (χ0n) is 18.5. The predicted molar refractivity (Wildman–Crippen MR) is 123 cm³/mol. The third-order valence-corrected chi connectivity index (χ3v) is 6.35. The van der Waals surface area contributed by atoms with Gasteiger partial charge in [-0.3, -0.25) is 9.59 Å². The summed E-state index contributed by atoms with van der Waals surface area (Å²) in [6, 6.07) is 6.72. The molecule has 3 aromatic rings. The third-order valence-electron chi connectivity index (χ3n) is 5.38. The lowest BCUT2D eigenvalue weighted by molar-refractivity contribution is 0.0943. The van der Waals surface area contributed by atoms with Gasteiger partial charge in [-0.1, -0.05) is 24.3 Å². The molecule has 0 radical (unpaired) electrons. The first-order valence-electron chi connectivity index (χ1n) is 10.7. The second-order valence-electron chi connectivity index (χ2n) is 7.85. The summed E-state index contributed by atoms with van der Waals surface area (Å²) in [5.74, 6) is 1.43. The number of nitrogens with one attached hydrogen (secondary N) is 1. The van der Waals surface area contributed by atoms with Gasteiger partial charge in [-0.15, -0.1) is 5.10 Å². The molecule has 1 fully saturated rings. The fraction of sp³-hybridized carbons (Fsp3) is 0.455. The fourth-order valence-corrected chi connectivity index (χ4v) is 4.77. The molecule has 1 amide bonds. The van der Waals surface area contributed by atoms with Crippen molar-refractivity contribution in [3.05, 3.63) is 45.9 Å². The molecule has 0 spiro atoms. The first-order chi connectivity index (χ1) is 15.5. The lowest BCUT2D eigenvalue weighted by Crippen LogP contribution is -2.34. The molecule has 0 bridgehead atoms. The maximum atomic E-state index is 12.9. The largest absolute Gasteiger partial charge is 0.493 e. The van der Waals surface area contributed by atoms with Crippen LogP contribution in [-0.2, 0) is 6.54 Å². The van der Waals surface area contributed by atoms with Crippen LogP contribution in [0, 0.1) is 5.92 Å². The van der Waals surface area contributed by atoms with Crippen LogP contribution in [0.1, 0.15) is 42.7 Å². The lowest BCUT2D eigenvalue weighted by atomic mass is 10.0. The number of aromatic nitrogens is 3. The number of carbonyl (C=O) groups excluding carboxylic acids is 1. The molecule has 1 atom stereocenters. The summed E-state index contributed by atoms with van der Waals surface area (Å²) in [6.45, 7) is 6.74. The minimum Gasteiger partial charge on any atom is -0.493 e. The van der Waals surface area contributed by atoms with Crippen molar-refractivity contribution in [3.8, 4) is 11.5 Å². The predicted octanol–water partition coefficient (Wildman–Crippen LogP) is 2.72. The van der Waals surface area contributed by atoms with Gasteiger partial charge in [0, 0.05) is 25.7 Å². The van der Waals surface area contributed by atoms with E-state index in [1.54, 1.807) is 7.11 Å². The Bertz CT molecular complexity index is 1170. The van der Waals surface area contributed by atoms with Crippen LogP contribution in [0.25, 0.3) is 4.96 Å². The number of hydrogen-bond donors (Lipinski definition) is 1. The highest BCUT2D eigenvalue weighted by Gasteiger charge is 2.22. The second kappa shape index (κ2) is 9.56. The SMILES string of the molecule is CCOc1ccc(CNC(=O)c2cc(=O)nc3sc(N4CCCC(C)C4)nn23)cc1OC. The van der Waals surface area contributed by atoms with Gasteiger partial charge in [-0.05, 0) is 43.4 Å². The van der Waals surface area contributed by atoms with Crippen molar-refractivity contribution in [1.82, 2.24) is 19.9 Å². The van der Waals surface area contributed by atoms with Gasteiger partial charge in [0.2, 0.25) is 10.1 Å². The summed E-state index contributed by atoms with van der Waals surface area (Å²) < 4.78 is 12.4. The quantitative estimate of drug-likeness (QED) is 0.582. The fourth-order valence-electron chi connectivity index (χ4n) is 3.83. The summed E-state index contributed by atoms with van der Waals surface area (Å²) in [6.07, 6.45) is 2.29. The van der Waals surface area contributed by atoms with E-state index in [4.69, 9.17) is 9.47 Å². The maximum absolute atomic E-state index is 12.9. The zero-order chi connectivity index (χ0) is 22.7. The van der Waals surface area contributed by atoms with Gasteiger partial charge in [-0.25, -0.2) is 0 Å². The molecule has 170 valence electrons. The van der Waals surface area contributed by atoms with Crippen molar-refractivity contribution in [2.24, 2.45) is 5.92 Å². The van der Waals surface area contributed by atoms with Crippen LogP contribution in [-0.4, -0.2) is 47.3 Å². The van der Waals surface area contributed by atoms with E-state index in [1.807, 2.05) is 25.1 Å². The molecule has 10 heteroatoms. The Balaban J connectivity index is 1.55. The molecule has 3 heterocycles. The summed E-state index contributed by atoms with van der Waals surface area (Å²) >= 11 is 1.33. The van der Waals surface area contributed by atoms with Crippen LogP contribution >= 0.6 is 11.3 Å². The van der Waals surface area contributed by atoms with Crippen molar-refractivity contribution in [2.75, 3.05) is 31.7 Å². The van der Waals surface area contributed by atoms with E-state index in [9.17, 15) is 9.59 Å². The smallest absolute Gasteiger partial charge is 0.274 e. The number of piperidine rings is 1. The molecule has 4 rings (SSSR count). The van der Waals surface area contributed by atoms with E-state index in [-0.39, 0.29) is 12.2 Å². The summed E-state index contributed by atoms with van der Waals surface area (Å²) in [5.41, 5.74) is 0.558. The minimum atomic E-state index is -0.458. The Morgan fingerprint density at radius 1 is 1.31 bits per heavy atom. The van der Waals surface area contributed by atoms with Gasteiger partial charge >= 0.3 is 0 Å². The first kappa shape index (κ1) is 22.1. The van der Waals surface area contributed by atoms with Gasteiger partial charge in [0.05, 0.1) is 13.7 Å². The third kappa shape index (κ3) is 4.69. The molecule has 9 nitrogen and oxygen atoms in total. The monoisotopic (exact) mass is 457 g/mol. The van der Waals surface area contributed by atoms with E-state index in [1.165, 1.54) is 28.3 Å². The van der Waals surface area contributed by atoms with E-state index in [0.29, 0.717) is 29.0 Å². The van der Waals surface area contributed by atoms with Crippen molar-refractivity contribution >= 4 is 27.3 Å². The minimum absolute atomic E-state index is 0.172. The van der Waals surface area contributed by atoms with Crippen LogP contribution in [0.4, 0.5) is 5.13 Å². The number of rotatable bonds is 7. The number of methoxy groups -OCH3 is 1.